The molecule has 2 aliphatic rings. The normalized spacial score (nSPS) is 20.3. The van der Waals surface area contributed by atoms with Crippen molar-refractivity contribution in [1.82, 2.24) is 20.7 Å². The number of hydrogen-bond acceptors (Lipinski definition) is 5. The van der Waals surface area contributed by atoms with Crippen LogP contribution >= 0.6 is 0 Å². The topological polar surface area (TPSA) is 105 Å². The first-order valence-electron chi connectivity index (χ1n) is 9.20. The fourth-order valence-corrected chi connectivity index (χ4v) is 3.82. The average Bonchev–Trinajstić information content (AvgIpc) is 3.41. The van der Waals surface area contributed by atoms with Crippen molar-refractivity contribution in [1.29, 1.82) is 0 Å². The molecule has 150 valence electrons. The largest absolute Gasteiger partial charge is 0.358 e. The highest BCUT2D eigenvalue weighted by Crippen LogP contribution is 2.33. The van der Waals surface area contributed by atoms with Gasteiger partial charge < -0.3 is 14.7 Å². The molecule has 3 aromatic rings. The maximum absolute atomic E-state index is 13.6. The standard InChI is InChI=1S/C21H15FN4O4/c22-14-7-6-13-10-26(18(27)15(13)8-14)11-21(19(28)23-20(29)24-21)17-9-16(25-30-17)12-4-2-1-3-5-12/h1-9H,10-11H2,(H2,23,24,28,29)/t21-/m0/s1. The van der Waals surface area contributed by atoms with Gasteiger partial charge in [0.25, 0.3) is 11.8 Å². The number of fused-ring (bicyclic) bond motifs is 1. The van der Waals surface area contributed by atoms with Gasteiger partial charge in [-0.05, 0) is 17.7 Å². The Bertz CT molecular complexity index is 1190. The molecular weight excluding hydrogens is 391 g/mol. The van der Waals surface area contributed by atoms with Crippen LogP contribution in [0.25, 0.3) is 11.3 Å². The second-order valence-corrected chi connectivity index (χ2v) is 7.22. The molecule has 5 rings (SSSR count). The molecule has 1 aromatic heterocycles. The van der Waals surface area contributed by atoms with E-state index in [0.29, 0.717) is 11.3 Å². The van der Waals surface area contributed by atoms with Crippen molar-refractivity contribution in [3.8, 4) is 11.3 Å². The van der Waals surface area contributed by atoms with E-state index < -0.39 is 29.2 Å². The summed E-state index contributed by atoms with van der Waals surface area (Å²) >= 11 is 0. The van der Waals surface area contributed by atoms with E-state index in [0.717, 1.165) is 5.56 Å². The Morgan fingerprint density at radius 3 is 2.63 bits per heavy atom. The lowest BCUT2D eigenvalue weighted by molar-refractivity contribution is -0.125. The van der Waals surface area contributed by atoms with Gasteiger partial charge in [-0.1, -0.05) is 41.6 Å². The molecule has 1 atom stereocenters. The zero-order valence-corrected chi connectivity index (χ0v) is 15.5. The minimum atomic E-state index is -1.65. The number of amides is 4. The van der Waals surface area contributed by atoms with Gasteiger partial charge in [0.1, 0.15) is 11.5 Å². The number of hydrogen-bond donors (Lipinski definition) is 2. The molecule has 0 spiro atoms. The summed E-state index contributed by atoms with van der Waals surface area (Å²) in [6.45, 7) is -0.0118. The van der Waals surface area contributed by atoms with Crippen molar-refractivity contribution < 1.29 is 23.3 Å². The summed E-state index contributed by atoms with van der Waals surface area (Å²) in [4.78, 5) is 38.9. The minimum Gasteiger partial charge on any atom is -0.358 e. The van der Waals surface area contributed by atoms with Gasteiger partial charge in [0.15, 0.2) is 11.3 Å². The Morgan fingerprint density at radius 1 is 1.10 bits per heavy atom. The number of nitrogens with one attached hydrogen (secondary N) is 2. The van der Waals surface area contributed by atoms with Crippen LogP contribution in [-0.4, -0.2) is 34.4 Å². The van der Waals surface area contributed by atoms with E-state index in [1.165, 1.54) is 23.1 Å². The van der Waals surface area contributed by atoms with E-state index in [1.54, 1.807) is 6.07 Å². The van der Waals surface area contributed by atoms with E-state index in [9.17, 15) is 18.8 Å². The SMILES string of the molecule is O=C1NC(=O)[C@](CN2Cc3ccc(F)cc3C2=O)(c2cc(-c3ccccc3)no2)N1. The van der Waals surface area contributed by atoms with Crippen LogP contribution in [0.3, 0.4) is 0 Å². The molecule has 0 aliphatic carbocycles. The lowest BCUT2D eigenvalue weighted by Gasteiger charge is -2.28. The third kappa shape index (κ3) is 2.74. The molecule has 0 radical (unpaired) electrons. The Hall–Kier alpha value is -4.01. The predicted molar refractivity (Wildman–Crippen MR) is 101 cm³/mol. The molecule has 8 nitrogen and oxygen atoms in total. The van der Waals surface area contributed by atoms with E-state index in [-0.39, 0.29) is 24.4 Å². The van der Waals surface area contributed by atoms with Gasteiger partial charge in [0, 0.05) is 23.7 Å². The van der Waals surface area contributed by atoms with Crippen molar-refractivity contribution in [2.45, 2.75) is 12.1 Å². The van der Waals surface area contributed by atoms with Crippen molar-refractivity contribution in [2.75, 3.05) is 6.54 Å². The number of aromatic nitrogens is 1. The molecule has 2 N–H and O–H groups in total. The van der Waals surface area contributed by atoms with Crippen molar-refractivity contribution >= 4 is 17.8 Å². The number of carbonyl (C=O) groups is 3. The lowest BCUT2D eigenvalue weighted by atomic mass is 9.94. The highest BCUT2D eigenvalue weighted by Gasteiger charge is 2.53. The van der Waals surface area contributed by atoms with Gasteiger partial charge in [-0.15, -0.1) is 0 Å². The van der Waals surface area contributed by atoms with Crippen LogP contribution < -0.4 is 10.6 Å². The maximum atomic E-state index is 13.6. The first kappa shape index (κ1) is 18.0. The quantitative estimate of drug-likeness (QED) is 0.647. The van der Waals surface area contributed by atoms with Gasteiger partial charge in [-0.2, -0.15) is 0 Å². The molecule has 30 heavy (non-hydrogen) atoms. The molecule has 1 saturated heterocycles. The molecule has 1 fully saturated rings. The van der Waals surface area contributed by atoms with Crippen molar-refractivity contribution in [2.24, 2.45) is 0 Å². The van der Waals surface area contributed by atoms with E-state index in [1.807, 2.05) is 30.3 Å². The van der Waals surface area contributed by atoms with Gasteiger partial charge in [-0.25, -0.2) is 9.18 Å². The van der Waals surface area contributed by atoms with Crippen LogP contribution in [0.15, 0.2) is 59.1 Å². The molecule has 0 bridgehead atoms. The third-order valence-electron chi connectivity index (χ3n) is 5.32. The van der Waals surface area contributed by atoms with Crippen molar-refractivity contribution in [3.05, 3.63) is 77.3 Å². The summed E-state index contributed by atoms with van der Waals surface area (Å²) in [6, 6.07) is 14.0. The fraction of sp³-hybridized carbons (Fsp3) is 0.143. The zero-order valence-electron chi connectivity index (χ0n) is 15.5. The number of urea groups is 1. The summed E-state index contributed by atoms with van der Waals surface area (Å²) in [6.07, 6.45) is 0. The van der Waals surface area contributed by atoms with Gasteiger partial charge in [-0.3, -0.25) is 14.9 Å². The predicted octanol–water partition coefficient (Wildman–Crippen LogP) is 2.17. The van der Waals surface area contributed by atoms with Crippen LogP contribution in [0.4, 0.5) is 9.18 Å². The van der Waals surface area contributed by atoms with E-state index >= 15 is 0 Å². The molecule has 0 saturated carbocycles. The molecular formula is C21H15FN4O4. The average molecular weight is 406 g/mol. The first-order chi connectivity index (χ1) is 14.5. The third-order valence-corrected chi connectivity index (χ3v) is 5.32. The number of carbonyl (C=O) groups excluding carboxylic acids is 3. The van der Waals surface area contributed by atoms with Gasteiger partial charge >= 0.3 is 6.03 Å². The van der Waals surface area contributed by atoms with Crippen LogP contribution in [0, 0.1) is 5.82 Å². The summed E-state index contributed by atoms with van der Waals surface area (Å²) < 4.78 is 19.0. The summed E-state index contributed by atoms with van der Waals surface area (Å²) in [7, 11) is 0. The molecule has 3 heterocycles. The minimum absolute atomic E-state index is 0.0969. The molecule has 2 aliphatic heterocycles. The lowest BCUT2D eigenvalue weighted by Crippen LogP contribution is -2.52. The zero-order chi connectivity index (χ0) is 20.9. The smallest absolute Gasteiger partial charge is 0.322 e. The van der Waals surface area contributed by atoms with Crippen LogP contribution in [0.1, 0.15) is 21.7 Å². The second kappa shape index (κ2) is 6.51. The van der Waals surface area contributed by atoms with Crippen LogP contribution in [0.5, 0.6) is 0 Å². The fourth-order valence-electron chi connectivity index (χ4n) is 3.82. The second-order valence-electron chi connectivity index (χ2n) is 7.22. The Morgan fingerprint density at radius 2 is 1.90 bits per heavy atom. The van der Waals surface area contributed by atoms with Crippen molar-refractivity contribution in [3.63, 3.8) is 0 Å². The molecule has 4 amide bonds. The van der Waals surface area contributed by atoms with E-state index in [4.69, 9.17) is 4.52 Å². The number of halogens is 1. The maximum Gasteiger partial charge on any atom is 0.322 e. The number of nitrogens with zero attached hydrogens (tertiary/aromatic N) is 2. The van der Waals surface area contributed by atoms with Gasteiger partial charge in [0.2, 0.25) is 0 Å². The number of benzene rings is 2. The number of rotatable bonds is 4. The summed E-state index contributed by atoms with van der Waals surface area (Å²) in [5.74, 6) is -1.51. The van der Waals surface area contributed by atoms with E-state index in [2.05, 4.69) is 15.8 Å². The van der Waals surface area contributed by atoms with Crippen LogP contribution in [-0.2, 0) is 16.9 Å². The number of imide groups is 1. The van der Waals surface area contributed by atoms with Crippen LogP contribution in [0.2, 0.25) is 0 Å². The highest BCUT2D eigenvalue weighted by molar-refractivity contribution is 6.08. The first-order valence-corrected chi connectivity index (χ1v) is 9.20. The molecule has 9 heteroatoms. The Labute approximate surface area is 169 Å². The highest BCUT2D eigenvalue weighted by atomic mass is 19.1. The Balaban J connectivity index is 1.51. The van der Waals surface area contributed by atoms with Gasteiger partial charge in [0.05, 0.1) is 6.54 Å². The molecule has 0 unspecified atom stereocenters. The monoisotopic (exact) mass is 406 g/mol. The summed E-state index contributed by atoms with van der Waals surface area (Å²) in [5, 5.41) is 8.80. The summed E-state index contributed by atoms with van der Waals surface area (Å²) in [5.41, 5.74) is 0.485. The Kier molecular flexibility index (Phi) is 3.92. The molecule has 2 aromatic carbocycles.